The van der Waals surface area contributed by atoms with E-state index in [9.17, 15) is 14.0 Å². The van der Waals surface area contributed by atoms with Crippen molar-refractivity contribution in [3.63, 3.8) is 0 Å². The Morgan fingerprint density at radius 3 is 2.30 bits per heavy atom. The number of halogens is 1. The minimum Gasteiger partial charge on any atom is -0.381 e. The van der Waals surface area contributed by atoms with Gasteiger partial charge >= 0.3 is 0 Å². The van der Waals surface area contributed by atoms with Crippen LogP contribution in [0.1, 0.15) is 44.2 Å². The fourth-order valence-electron chi connectivity index (χ4n) is 4.05. The van der Waals surface area contributed by atoms with Crippen LogP contribution >= 0.6 is 0 Å². The number of nitrogens with one attached hydrogen (secondary N) is 2. The van der Waals surface area contributed by atoms with Gasteiger partial charge in [0, 0.05) is 38.5 Å². The van der Waals surface area contributed by atoms with Gasteiger partial charge in [-0.3, -0.25) is 14.3 Å². The molecule has 0 bridgehead atoms. The van der Waals surface area contributed by atoms with E-state index in [1.807, 2.05) is 19.3 Å². The molecule has 1 saturated heterocycles. The van der Waals surface area contributed by atoms with Gasteiger partial charge in [0.1, 0.15) is 6.67 Å². The summed E-state index contributed by atoms with van der Waals surface area (Å²) in [6.07, 6.45) is 5.87. The van der Waals surface area contributed by atoms with Gasteiger partial charge < -0.3 is 15.4 Å². The lowest BCUT2D eigenvalue weighted by Crippen LogP contribution is -2.62. The topological polar surface area (TPSA) is 85.2 Å². The average molecular weight is 378 g/mol. The van der Waals surface area contributed by atoms with E-state index >= 15 is 0 Å². The maximum Gasteiger partial charge on any atom is 0.232 e. The molecule has 0 radical (unpaired) electrons. The number of hydrogen-bond acceptors (Lipinski definition) is 4. The SMILES string of the molecule is Cn1ccc(C2(C(=O)N[C@@H]3CC[C@H]3NC(=O)C3(CF)CCOCC3)CC2)n1. The molecule has 8 heteroatoms. The first-order chi connectivity index (χ1) is 13.0. The smallest absolute Gasteiger partial charge is 0.232 e. The first-order valence-corrected chi connectivity index (χ1v) is 9.75. The molecule has 2 atom stereocenters. The van der Waals surface area contributed by atoms with Gasteiger partial charge in [-0.1, -0.05) is 0 Å². The minimum atomic E-state index is -0.978. The fraction of sp³-hybridized carbons (Fsp3) is 0.737. The van der Waals surface area contributed by atoms with E-state index in [0.717, 1.165) is 31.4 Å². The second-order valence-electron chi connectivity index (χ2n) is 8.22. The molecular formula is C19H27FN4O3. The highest BCUT2D eigenvalue weighted by Gasteiger charge is 2.54. The largest absolute Gasteiger partial charge is 0.381 e. The first kappa shape index (κ1) is 18.4. The minimum absolute atomic E-state index is 0.0172. The van der Waals surface area contributed by atoms with E-state index in [0.29, 0.717) is 26.1 Å². The zero-order valence-electron chi connectivity index (χ0n) is 15.7. The van der Waals surface area contributed by atoms with Crippen molar-refractivity contribution in [3.8, 4) is 0 Å². The van der Waals surface area contributed by atoms with Crippen LogP contribution in [0.2, 0.25) is 0 Å². The Bertz CT molecular complexity index is 724. The molecule has 2 saturated carbocycles. The third-order valence-corrected chi connectivity index (χ3v) is 6.48. The van der Waals surface area contributed by atoms with E-state index in [-0.39, 0.29) is 23.9 Å². The molecule has 27 heavy (non-hydrogen) atoms. The molecule has 1 aromatic rings. The predicted octanol–water partition coefficient (Wildman–Crippen LogP) is 0.981. The Morgan fingerprint density at radius 1 is 1.19 bits per heavy atom. The number of nitrogens with zero attached hydrogens (tertiary/aromatic N) is 2. The van der Waals surface area contributed by atoms with Crippen LogP contribution < -0.4 is 10.6 Å². The highest BCUT2D eigenvalue weighted by atomic mass is 19.1. The highest BCUT2D eigenvalue weighted by Crippen LogP contribution is 2.48. The molecule has 7 nitrogen and oxygen atoms in total. The molecule has 0 aromatic carbocycles. The maximum atomic E-state index is 13.6. The number of amides is 2. The van der Waals surface area contributed by atoms with Crippen LogP contribution in [-0.2, 0) is 26.8 Å². The Labute approximate surface area is 158 Å². The summed E-state index contributed by atoms with van der Waals surface area (Å²) in [6.45, 7) is 0.151. The summed E-state index contributed by atoms with van der Waals surface area (Å²) in [5.74, 6) is -0.264. The molecule has 0 unspecified atom stereocenters. The van der Waals surface area contributed by atoms with Crippen LogP contribution in [-0.4, -0.2) is 53.6 Å². The fourth-order valence-corrected chi connectivity index (χ4v) is 4.05. The van der Waals surface area contributed by atoms with Crippen LogP contribution in [0.3, 0.4) is 0 Å². The summed E-state index contributed by atoms with van der Waals surface area (Å²) in [4.78, 5) is 25.5. The Morgan fingerprint density at radius 2 is 1.81 bits per heavy atom. The number of carbonyl (C=O) groups excluding carboxylic acids is 2. The van der Waals surface area contributed by atoms with Crippen molar-refractivity contribution in [2.45, 2.75) is 56.0 Å². The Hall–Kier alpha value is -1.96. The van der Waals surface area contributed by atoms with Crippen LogP contribution in [0.4, 0.5) is 4.39 Å². The molecule has 0 spiro atoms. The highest BCUT2D eigenvalue weighted by molar-refractivity contribution is 5.91. The normalized spacial score (nSPS) is 28.1. The quantitative estimate of drug-likeness (QED) is 0.773. The van der Waals surface area contributed by atoms with Gasteiger partial charge in [0.05, 0.1) is 16.5 Å². The molecular weight excluding hydrogens is 351 g/mol. The van der Waals surface area contributed by atoms with Crippen molar-refractivity contribution in [1.82, 2.24) is 20.4 Å². The van der Waals surface area contributed by atoms with Crippen LogP contribution in [0.5, 0.6) is 0 Å². The lowest BCUT2D eigenvalue weighted by Gasteiger charge is -2.41. The summed E-state index contributed by atoms with van der Waals surface area (Å²) in [7, 11) is 1.84. The molecule has 148 valence electrons. The molecule has 2 N–H and O–H groups in total. The molecule has 4 rings (SSSR count). The maximum absolute atomic E-state index is 13.6. The van der Waals surface area contributed by atoms with E-state index in [2.05, 4.69) is 15.7 Å². The molecule has 2 aliphatic carbocycles. The summed E-state index contributed by atoms with van der Waals surface area (Å²) in [5.41, 5.74) is -0.693. The summed E-state index contributed by atoms with van der Waals surface area (Å²) in [6, 6.07) is 1.66. The standard InChI is InChI=1S/C19H27FN4O3/c1-24-9-4-15(23-24)19(5-6-19)17(26)22-14-3-2-13(14)21-16(25)18(12-20)7-10-27-11-8-18/h4,9,13-14H,2-3,5-8,10-12H2,1H3,(H,21,25)(H,22,26)/t13-,14-/m1/s1. The zero-order chi connectivity index (χ0) is 19.1. The molecule has 1 aromatic heterocycles. The Balaban J connectivity index is 1.36. The lowest BCUT2D eigenvalue weighted by atomic mass is 9.78. The van der Waals surface area contributed by atoms with E-state index < -0.39 is 17.5 Å². The predicted molar refractivity (Wildman–Crippen MR) is 95.7 cm³/mol. The second-order valence-corrected chi connectivity index (χ2v) is 8.22. The van der Waals surface area contributed by atoms with Crippen LogP contribution in [0.15, 0.2) is 12.3 Å². The van der Waals surface area contributed by atoms with Crippen molar-refractivity contribution in [1.29, 1.82) is 0 Å². The Kier molecular flexibility index (Phi) is 4.70. The van der Waals surface area contributed by atoms with Gasteiger partial charge in [-0.25, -0.2) is 4.39 Å². The average Bonchev–Trinajstić information content (AvgIpc) is 3.38. The van der Waals surface area contributed by atoms with E-state index in [1.165, 1.54) is 0 Å². The van der Waals surface area contributed by atoms with Gasteiger partial charge in [-0.05, 0) is 44.6 Å². The number of hydrogen-bond donors (Lipinski definition) is 2. The molecule has 3 fully saturated rings. The molecule has 1 aliphatic heterocycles. The van der Waals surface area contributed by atoms with Crippen molar-refractivity contribution in [3.05, 3.63) is 18.0 Å². The number of ether oxygens (including phenoxy) is 1. The van der Waals surface area contributed by atoms with E-state index in [4.69, 9.17) is 4.74 Å². The first-order valence-electron chi connectivity index (χ1n) is 9.75. The monoisotopic (exact) mass is 378 g/mol. The van der Waals surface area contributed by atoms with Crippen molar-refractivity contribution < 1.29 is 18.7 Å². The number of carbonyl (C=O) groups is 2. The zero-order valence-corrected chi connectivity index (χ0v) is 15.7. The van der Waals surface area contributed by atoms with E-state index in [1.54, 1.807) is 4.68 Å². The van der Waals surface area contributed by atoms with Crippen molar-refractivity contribution >= 4 is 11.8 Å². The number of aryl methyl sites for hydroxylation is 1. The molecule has 2 heterocycles. The van der Waals surface area contributed by atoms with Gasteiger partial charge in [-0.2, -0.15) is 5.10 Å². The van der Waals surface area contributed by atoms with Crippen molar-refractivity contribution in [2.75, 3.05) is 19.9 Å². The third kappa shape index (κ3) is 3.24. The summed E-state index contributed by atoms with van der Waals surface area (Å²) in [5, 5.41) is 10.5. The molecule has 2 amide bonds. The van der Waals surface area contributed by atoms with Gasteiger partial charge in [0.2, 0.25) is 11.8 Å². The molecule has 3 aliphatic rings. The number of alkyl halides is 1. The lowest BCUT2D eigenvalue weighted by molar-refractivity contribution is -0.140. The van der Waals surface area contributed by atoms with Crippen LogP contribution in [0.25, 0.3) is 0 Å². The summed E-state index contributed by atoms with van der Waals surface area (Å²) < 4.78 is 20.6. The van der Waals surface area contributed by atoms with Gasteiger partial charge in [0.15, 0.2) is 0 Å². The van der Waals surface area contributed by atoms with Gasteiger partial charge in [-0.15, -0.1) is 0 Å². The van der Waals surface area contributed by atoms with Crippen molar-refractivity contribution in [2.24, 2.45) is 12.5 Å². The second kappa shape index (κ2) is 6.89. The summed E-state index contributed by atoms with van der Waals surface area (Å²) >= 11 is 0. The van der Waals surface area contributed by atoms with Gasteiger partial charge in [0.25, 0.3) is 0 Å². The third-order valence-electron chi connectivity index (χ3n) is 6.48. The number of rotatable bonds is 6. The number of aromatic nitrogens is 2. The van der Waals surface area contributed by atoms with Crippen LogP contribution in [0, 0.1) is 5.41 Å².